The Hall–Kier alpha value is -2.00. The minimum absolute atomic E-state index is 0.571. The predicted octanol–water partition coefficient (Wildman–Crippen LogP) is 3.46. The average Bonchev–Trinajstić information content (AvgIpc) is 2.42. The third-order valence-corrected chi connectivity index (χ3v) is 2.47. The molecule has 94 valence electrons. The topological polar surface area (TPSA) is 30.5 Å². The Morgan fingerprint density at radius 2 is 1.50 bits per heavy atom. The van der Waals surface area contributed by atoms with E-state index < -0.39 is 0 Å². The van der Waals surface area contributed by atoms with Gasteiger partial charge in [0.15, 0.2) is 0 Å². The summed E-state index contributed by atoms with van der Waals surface area (Å²) < 4.78 is 10.4. The Morgan fingerprint density at radius 3 is 2.17 bits per heavy atom. The lowest BCUT2D eigenvalue weighted by Crippen LogP contribution is -2.04. The molecule has 0 amide bonds. The molecular formula is C15H17NO2. The van der Waals surface area contributed by atoms with E-state index >= 15 is 0 Å². The standard InChI is InChI=1S/C15H17NO2/c1-17-11-12-18-15-9-7-14(8-10-15)16-13-5-3-2-4-6-13/h2-10,16H,11-12H2,1H3. The van der Waals surface area contributed by atoms with Crippen LogP contribution in [0.1, 0.15) is 0 Å². The molecule has 0 saturated heterocycles. The third-order valence-electron chi connectivity index (χ3n) is 2.47. The van der Waals surface area contributed by atoms with Gasteiger partial charge in [0.1, 0.15) is 12.4 Å². The van der Waals surface area contributed by atoms with Crippen LogP contribution in [-0.2, 0) is 4.74 Å². The number of hydrogen-bond acceptors (Lipinski definition) is 3. The maximum absolute atomic E-state index is 5.50. The van der Waals surface area contributed by atoms with Gasteiger partial charge in [-0.05, 0) is 36.4 Å². The van der Waals surface area contributed by atoms with E-state index in [2.05, 4.69) is 5.32 Å². The van der Waals surface area contributed by atoms with Crippen molar-refractivity contribution in [1.29, 1.82) is 0 Å². The SMILES string of the molecule is COCCOc1ccc(Nc2ccccc2)cc1. The van der Waals surface area contributed by atoms with E-state index in [1.54, 1.807) is 7.11 Å². The number of nitrogens with one attached hydrogen (secondary N) is 1. The first-order valence-electron chi connectivity index (χ1n) is 5.92. The maximum Gasteiger partial charge on any atom is 0.119 e. The van der Waals surface area contributed by atoms with Gasteiger partial charge in [0.25, 0.3) is 0 Å². The van der Waals surface area contributed by atoms with Gasteiger partial charge in [-0.25, -0.2) is 0 Å². The van der Waals surface area contributed by atoms with Crippen LogP contribution in [0.2, 0.25) is 0 Å². The quantitative estimate of drug-likeness (QED) is 0.788. The van der Waals surface area contributed by atoms with Crippen LogP contribution < -0.4 is 10.1 Å². The zero-order valence-corrected chi connectivity index (χ0v) is 10.4. The van der Waals surface area contributed by atoms with Crippen molar-refractivity contribution in [3.8, 4) is 5.75 Å². The molecule has 3 heteroatoms. The lowest BCUT2D eigenvalue weighted by atomic mass is 10.2. The van der Waals surface area contributed by atoms with Gasteiger partial charge in [-0.2, -0.15) is 0 Å². The van der Waals surface area contributed by atoms with Gasteiger partial charge in [0.05, 0.1) is 6.61 Å². The smallest absolute Gasteiger partial charge is 0.119 e. The zero-order chi connectivity index (χ0) is 12.6. The van der Waals surface area contributed by atoms with Crippen molar-refractivity contribution < 1.29 is 9.47 Å². The fourth-order valence-electron chi connectivity index (χ4n) is 1.57. The average molecular weight is 243 g/mol. The van der Waals surface area contributed by atoms with E-state index in [9.17, 15) is 0 Å². The molecular weight excluding hydrogens is 226 g/mol. The van der Waals surface area contributed by atoms with Gasteiger partial charge >= 0.3 is 0 Å². The molecule has 0 unspecified atom stereocenters. The van der Waals surface area contributed by atoms with Crippen LogP contribution in [0.4, 0.5) is 11.4 Å². The second-order valence-electron chi connectivity index (χ2n) is 3.86. The van der Waals surface area contributed by atoms with Crippen molar-refractivity contribution in [3.63, 3.8) is 0 Å². The first-order valence-corrected chi connectivity index (χ1v) is 5.92. The van der Waals surface area contributed by atoms with E-state index in [1.807, 2.05) is 54.6 Å². The highest BCUT2D eigenvalue weighted by molar-refractivity contribution is 5.59. The second kappa shape index (κ2) is 6.67. The van der Waals surface area contributed by atoms with Crippen LogP contribution in [0.25, 0.3) is 0 Å². The number of para-hydroxylation sites is 1. The Kier molecular flexibility index (Phi) is 4.61. The molecule has 0 aliphatic rings. The molecule has 0 saturated carbocycles. The Labute approximate surface area is 107 Å². The van der Waals surface area contributed by atoms with Gasteiger partial charge in [-0.15, -0.1) is 0 Å². The highest BCUT2D eigenvalue weighted by Crippen LogP contribution is 2.19. The van der Waals surface area contributed by atoms with Crippen molar-refractivity contribution in [2.45, 2.75) is 0 Å². The molecule has 2 aromatic rings. The highest BCUT2D eigenvalue weighted by atomic mass is 16.5. The molecule has 2 rings (SSSR count). The number of rotatable bonds is 6. The second-order valence-corrected chi connectivity index (χ2v) is 3.86. The molecule has 0 atom stereocenters. The number of anilines is 2. The molecule has 0 heterocycles. The van der Waals surface area contributed by atoms with Gasteiger partial charge < -0.3 is 14.8 Å². The van der Waals surface area contributed by atoms with E-state index in [0.29, 0.717) is 13.2 Å². The molecule has 0 aromatic heterocycles. The summed E-state index contributed by atoms with van der Waals surface area (Å²) in [4.78, 5) is 0. The summed E-state index contributed by atoms with van der Waals surface area (Å²) in [5, 5.41) is 3.32. The van der Waals surface area contributed by atoms with Crippen LogP contribution in [0, 0.1) is 0 Å². The molecule has 0 spiro atoms. The maximum atomic E-state index is 5.50. The molecule has 18 heavy (non-hydrogen) atoms. The Bertz CT molecular complexity index is 454. The van der Waals surface area contributed by atoms with Crippen LogP contribution >= 0.6 is 0 Å². The molecule has 0 radical (unpaired) electrons. The number of hydrogen-bond donors (Lipinski definition) is 1. The Balaban J connectivity index is 1.91. The van der Waals surface area contributed by atoms with Crippen LogP contribution in [0.3, 0.4) is 0 Å². The van der Waals surface area contributed by atoms with E-state index in [0.717, 1.165) is 17.1 Å². The summed E-state index contributed by atoms with van der Waals surface area (Å²) in [6.45, 7) is 1.17. The third kappa shape index (κ3) is 3.79. The summed E-state index contributed by atoms with van der Waals surface area (Å²) in [5.41, 5.74) is 2.12. The fourth-order valence-corrected chi connectivity index (χ4v) is 1.57. The molecule has 3 nitrogen and oxygen atoms in total. The van der Waals surface area contributed by atoms with Crippen molar-refractivity contribution >= 4 is 11.4 Å². The van der Waals surface area contributed by atoms with Crippen LogP contribution in [-0.4, -0.2) is 20.3 Å². The number of methoxy groups -OCH3 is 1. The highest BCUT2D eigenvalue weighted by Gasteiger charge is 1.96. The molecule has 0 fully saturated rings. The van der Waals surface area contributed by atoms with Crippen molar-refractivity contribution in [2.24, 2.45) is 0 Å². The summed E-state index contributed by atoms with van der Waals surface area (Å²) in [7, 11) is 1.66. The first-order chi connectivity index (χ1) is 8.88. The summed E-state index contributed by atoms with van der Waals surface area (Å²) >= 11 is 0. The summed E-state index contributed by atoms with van der Waals surface area (Å²) in [6.07, 6.45) is 0. The van der Waals surface area contributed by atoms with E-state index in [1.165, 1.54) is 0 Å². The van der Waals surface area contributed by atoms with Crippen molar-refractivity contribution in [2.75, 3.05) is 25.6 Å². The van der Waals surface area contributed by atoms with Gasteiger partial charge in [0.2, 0.25) is 0 Å². The molecule has 0 bridgehead atoms. The molecule has 1 N–H and O–H groups in total. The predicted molar refractivity (Wildman–Crippen MR) is 73.5 cm³/mol. The minimum Gasteiger partial charge on any atom is -0.491 e. The van der Waals surface area contributed by atoms with Crippen LogP contribution in [0.5, 0.6) is 5.75 Å². The number of ether oxygens (including phenoxy) is 2. The largest absolute Gasteiger partial charge is 0.491 e. The zero-order valence-electron chi connectivity index (χ0n) is 10.4. The fraction of sp³-hybridized carbons (Fsp3) is 0.200. The van der Waals surface area contributed by atoms with Crippen molar-refractivity contribution in [1.82, 2.24) is 0 Å². The molecule has 0 aliphatic heterocycles. The minimum atomic E-state index is 0.571. The van der Waals surface area contributed by atoms with Crippen molar-refractivity contribution in [3.05, 3.63) is 54.6 Å². The lowest BCUT2D eigenvalue weighted by Gasteiger charge is -2.08. The number of benzene rings is 2. The monoisotopic (exact) mass is 243 g/mol. The molecule has 2 aromatic carbocycles. The molecule has 0 aliphatic carbocycles. The summed E-state index contributed by atoms with van der Waals surface area (Å²) in [6, 6.07) is 17.9. The Morgan fingerprint density at radius 1 is 0.833 bits per heavy atom. The lowest BCUT2D eigenvalue weighted by molar-refractivity contribution is 0.146. The van der Waals surface area contributed by atoms with E-state index in [4.69, 9.17) is 9.47 Å². The first kappa shape index (κ1) is 12.5. The van der Waals surface area contributed by atoms with Gasteiger partial charge in [-0.1, -0.05) is 18.2 Å². The van der Waals surface area contributed by atoms with E-state index in [-0.39, 0.29) is 0 Å². The van der Waals surface area contributed by atoms with Gasteiger partial charge in [0, 0.05) is 18.5 Å². The van der Waals surface area contributed by atoms with Gasteiger partial charge in [-0.3, -0.25) is 0 Å². The van der Waals surface area contributed by atoms with Crippen LogP contribution in [0.15, 0.2) is 54.6 Å². The summed E-state index contributed by atoms with van der Waals surface area (Å²) in [5.74, 6) is 0.852. The normalized spacial score (nSPS) is 10.1.